The highest BCUT2D eigenvalue weighted by molar-refractivity contribution is 6.08. The standard InChI is InChI=1S/C18H14O2/c19-17-8-7-13-9-15-12(10-16(13)18(17)20)6-5-11-3-1-2-4-14(11)15/h1-10,17-20H/t17-,18+/m0/s1. The molecule has 1 aliphatic carbocycles. The molecule has 0 aromatic heterocycles. The number of aliphatic hydroxyl groups excluding tert-OH is 2. The first-order valence-electron chi connectivity index (χ1n) is 6.74. The number of benzene rings is 3. The summed E-state index contributed by atoms with van der Waals surface area (Å²) in [5.41, 5.74) is 1.77. The first-order chi connectivity index (χ1) is 9.74. The van der Waals surface area contributed by atoms with Gasteiger partial charge in [0.05, 0.1) is 0 Å². The smallest absolute Gasteiger partial charge is 0.109 e. The van der Waals surface area contributed by atoms with Gasteiger partial charge in [-0.2, -0.15) is 0 Å². The minimum Gasteiger partial charge on any atom is -0.386 e. The molecule has 2 N–H and O–H groups in total. The highest BCUT2D eigenvalue weighted by Crippen LogP contribution is 2.34. The van der Waals surface area contributed by atoms with E-state index in [1.807, 2.05) is 24.3 Å². The van der Waals surface area contributed by atoms with Gasteiger partial charge in [0, 0.05) is 0 Å². The molecule has 0 saturated heterocycles. The van der Waals surface area contributed by atoms with E-state index in [0.717, 1.165) is 16.5 Å². The van der Waals surface area contributed by atoms with Crippen LogP contribution in [0, 0.1) is 0 Å². The Morgan fingerprint density at radius 1 is 0.800 bits per heavy atom. The van der Waals surface area contributed by atoms with Crippen molar-refractivity contribution in [1.82, 2.24) is 0 Å². The van der Waals surface area contributed by atoms with Crippen molar-refractivity contribution in [3.05, 3.63) is 65.7 Å². The van der Waals surface area contributed by atoms with Gasteiger partial charge < -0.3 is 10.2 Å². The molecule has 3 aromatic carbocycles. The number of rotatable bonds is 0. The Morgan fingerprint density at radius 3 is 2.50 bits per heavy atom. The molecule has 0 spiro atoms. The SMILES string of the molecule is O[C@@H]1c2cc3ccc4ccccc4c3cc2C=C[C@@H]1O. The van der Waals surface area contributed by atoms with Gasteiger partial charge in [-0.25, -0.2) is 0 Å². The van der Waals surface area contributed by atoms with Crippen molar-refractivity contribution in [3.8, 4) is 0 Å². The van der Waals surface area contributed by atoms with Crippen molar-refractivity contribution in [2.75, 3.05) is 0 Å². The molecule has 0 amide bonds. The van der Waals surface area contributed by atoms with Crippen LogP contribution >= 0.6 is 0 Å². The summed E-state index contributed by atoms with van der Waals surface area (Å²) in [6.45, 7) is 0. The minimum absolute atomic E-state index is 0.794. The van der Waals surface area contributed by atoms with Gasteiger partial charge in [-0.15, -0.1) is 0 Å². The summed E-state index contributed by atoms with van der Waals surface area (Å²) in [5.74, 6) is 0. The molecule has 0 unspecified atom stereocenters. The number of aliphatic hydroxyl groups is 2. The second-order valence-corrected chi connectivity index (χ2v) is 5.28. The van der Waals surface area contributed by atoms with Crippen LogP contribution in [0.3, 0.4) is 0 Å². The Kier molecular flexibility index (Phi) is 2.43. The molecular weight excluding hydrogens is 248 g/mol. The maximum atomic E-state index is 10.1. The van der Waals surface area contributed by atoms with E-state index in [-0.39, 0.29) is 0 Å². The van der Waals surface area contributed by atoms with Crippen LogP contribution in [0.15, 0.2) is 54.6 Å². The molecule has 0 aliphatic heterocycles. The lowest BCUT2D eigenvalue weighted by molar-refractivity contribution is 0.0471. The van der Waals surface area contributed by atoms with Crippen molar-refractivity contribution in [2.24, 2.45) is 0 Å². The quantitative estimate of drug-likeness (QED) is 0.609. The third kappa shape index (κ3) is 1.59. The van der Waals surface area contributed by atoms with E-state index in [4.69, 9.17) is 0 Å². The molecule has 3 aromatic rings. The van der Waals surface area contributed by atoms with Crippen molar-refractivity contribution >= 4 is 27.6 Å². The fourth-order valence-electron chi connectivity index (χ4n) is 2.98. The van der Waals surface area contributed by atoms with Crippen LogP contribution in [0.25, 0.3) is 27.6 Å². The van der Waals surface area contributed by atoms with E-state index in [1.165, 1.54) is 16.2 Å². The predicted molar refractivity (Wildman–Crippen MR) is 81.5 cm³/mol. The van der Waals surface area contributed by atoms with Gasteiger partial charge in [0.1, 0.15) is 12.2 Å². The van der Waals surface area contributed by atoms with E-state index >= 15 is 0 Å². The zero-order chi connectivity index (χ0) is 13.7. The third-order valence-corrected chi connectivity index (χ3v) is 4.06. The zero-order valence-electron chi connectivity index (χ0n) is 10.8. The molecular formula is C18H14O2. The Morgan fingerprint density at radius 2 is 1.60 bits per heavy atom. The summed E-state index contributed by atoms with van der Waals surface area (Å²) in [4.78, 5) is 0. The zero-order valence-corrected chi connectivity index (χ0v) is 10.8. The molecule has 2 nitrogen and oxygen atoms in total. The van der Waals surface area contributed by atoms with Crippen LogP contribution in [0.1, 0.15) is 17.2 Å². The minimum atomic E-state index is -0.842. The van der Waals surface area contributed by atoms with E-state index in [0.29, 0.717) is 0 Å². The fraction of sp³-hybridized carbons (Fsp3) is 0.111. The van der Waals surface area contributed by atoms with Crippen molar-refractivity contribution in [2.45, 2.75) is 12.2 Å². The van der Waals surface area contributed by atoms with Crippen molar-refractivity contribution in [1.29, 1.82) is 0 Å². The first kappa shape index (κ1) is 11.6. The first-order valence-corrected chi connectivity index (χ1v) is 6.74. The average molecular weight is 262 g/mol. The highest BCUT2D eigenvalue weighted by atomic mass is 16.3. The lowest BCUT2D eigenvalue weighted by Crippen LogP contribution is -2.19. The largest absolute Gasteiger partial charge is 0.386 e. The van der Waals surface area contributed by atoms with Gasteiger partial charge in [0.15, 0.2) is 0 Å². The van der Waals surface area contributed by atoms with Gasteiger partial charge in [-0.3, -0.25) is 0 Å². The van der Waals surface area contributed by atoms with Crippen LogP contribution in [0.4, 0.5) is 0 Å². The Balaban J connectivity index is 2.09. The molecule has 0 saturated carbocycles. The summed E-state index contributed by atoms with van der Waals surface area (Å²) >= 11 is 0. The van der Waals surface area contributed by atoms with Crippen molar-refractivity contribution in [3.63, 3.8) is 0 Å². The van der Waals surface area contributed by atoms with Crippen LogP contribution in [-0.4, -0.2) is 16.3 Å². The highest BCUT2D eigenvalue weighted by Gasteiger charge is 2.22. The maximum absolute atomic E-state index is 10.1. The normalized spacial score (nSPS) is 21.3. The third-order valence-electron chi connectivity index (χ3n) is 4.06. The van der Waals surface area contributed by atoms with Gasteiger partial charge in [0.2, 0.25) is 0 Å². The second-order valence-electron chi connectivity index (χ2n) is 5.28. The predicted octanol–water partition coefficient (Wildman–Crippen LogP) is 3.41. The molecule has 0 heterocycles. The summed E-state index contributed by atoms with van der Waals surface area (Å²) in [6, 6.07) is 16.5. The maximum Gasteiger partial charge on any atom is 0.109 e. The van der Waals surface area contributed by atoms with Crippen LogP contribution in [-0.2, 0) is 0 Å². The fourth-order valence-corrected chi connectivity index (χ4v) is 2.98. The monoisotopic (exact) mass is 262 g/mol. The summed E-state index contributed by atoms with van der Waals surface area (Å²) in [5, 5.41) is 24.5. The van der Waals surface area contributed by atoms with Gasteiger partial charge >= 0.3 is 0 Å². The molecule has 0 fully saturated rings. The van der Waals surface area contributed by atoms with Crippen LogP contribution in [0.2, 0.25) is 0 Å². The molecule has 2 atom stereocenters. The van der Waals surface area contributed by atoms with E-state index in [2.05, 4.69) is 30.3 Å². The summed E-state index contributed by atoms with van der Waals surface area (Å²) < 4.78 is 0. The van der Waals surface area contributed by atoms with Crippen LogP contribution in [0.5, 0.6) is 0 Å². The average Bonchev–Trinajstić information content (AvgIpc) is 2.50. The van der Waals surface area contributed by atoms with E-state index in [9.17, 15) is 10.2 Å². The Hall–Kier alpha value is -2.16. The van der Waals surface area contributed by atoms with Crippen molar-refractivity contribution < 1.29 is 10.2 Å². The number of hydrogen-bond acceptors (Lipinski definition) is 2. The molecule has 2 heteroatoms. The molecule has 20 heavy (non-hydrogen) atoms. The Bertz CT molecular complexity index is 849. The van der Waals surface area contributed by atoms with Crippen LogP contribution < -0.4 is 0 Å². The van der Waals surface area contributed by atoms with Gasteiger partial charge in [0.25, 0.3) is 0 Å². The topological polar surface area (TPSA) is 40.5 Å². The second kappa shape index (κ2) is 4.17. The summed E-state index contributed by atoms with van der Waals surface area (Å²) in [6.07, 6.45) is 1.86. The molecule has 98 valence electrons. The molecule has 4 rings (SSSR count). The number of hydrogen-bond donors (Lipinski definition) is 2. The van der Waals surface area contributed by atoms with Gasteiger partial charge in [-0.1, -0.05) is 48.6 Å². The Labute approximate surface area is 116 Å². The molecule has 0 bridgehead atoms. The van der Waals surface area contributed by atoms with E-state index in [1.54, 1.807) is 6.08 Å². The van der Waals surface area contributed by atoms with Gasteiger partial charge in [-0.05, 0) is 44.8 Å². The molecule has 0 radical (unpaired) electrons. The lowest BCUT2D eigenvalue weighted by atomic mass is 9.89. The summed E-state index contributed by atoms with van der Waals surface area (Å²) in [7, 11) is 0. The molecule has 1 aliphatic rings. The lowest BCUT2D eigenvalue weighted by Gasteiger charge is -2.22. The van der Waals surface area contributed by atoms with E-state index < -0.39 is 12.2 Å². The number of fused-ring (bicyclic) bond motifs is 4.